The second-order valence-corrected chi connectivity index (χ2v) is 7.74. The van der Waals surface area contributed by atoms with Gasteiger partial charge in [0.25, 0.3) is 5.91 Å². The van der Waals surface area contributed by atoms with Gasteiger partial charge in [-0.25, -0.2) is 9.18 Å². The lowest BCUT2D eigenvalue weighted by Gasteiger charge is -2.36. The van der Waals surface area contributed by atoms with Gasteiger partial charge in [-0.05, 0) is 31.2 Å². The minimum Gasteiger partial charge on any atom is -0.462 e. The second-order valence-electron chi connectivity index (χ2n) is 6.69. The maximum Gasteiger partial charge on any atom is 0.341 e. The highest BCUT2D eigenvalue weighted by molar-refractivity contribution is 7.18. The Bertz CT molecular complexity index is 877. The van der Waals surface area contributed by atoms with Gasteiger partial charge in [0.05, 0.1) is 17.0 Å². The normalized spacial score (nSPS) is 14.7. The Balaban J connectivity index is 1.76. The smallest absolute Gasteiger partial charge is 0.341 e. The number of carbonyl (C=O) groups excluding carboxylic acids is 2. The average molecular weight is 421 g/mol. The van der Waals surface area contributed by atoms with Crippen LogP contribution in [0, 0.1) is 5.82 Å². The number of benzene rings is 1. The van der Waals surface area contributed by atoms with Gasteiger partial charge >= 0.3 is 5.97 Å². The van der Waals surface area contributed by atoms with Gasteiger partial charge in [-0.1, -0.05) is 0 Å². The number of hydrogen-bond donors (Lipinski definition) is 2. The van der Waals surface area contributed by atoms with E-state index in [4.69, 9.17) is 10.5 Å². The minimum absolute atomic E-state index is 0.235. The van der Waals surface area contributed by atoms with Crippen LogP contribution >= 0.6 is 11.3 Å². The van der Waals surface area contributed by atoms with Crippen LogP contribution in [0.15, 0.2) is 24.3 Å². The van der Waals surface area contributed by atoms with Crippen molar-refractivity contribution in [3.63, 3.8) is 0 Å². The molecule has 0 spiro atoms. The highest BCUT2D eigenvalue weighted by Gasteiger charge is 2.28. The third-order valence-electron chi connectivity index (χ3n) is 4.89. The van der Waals surface area contributed by atoms with Crippen molar-refractivity contribution in [1.29, 1.82) is 0 Å². The number of esters is 1. The number of amides is 1. The number of nitrogens with one attached hydrogen (secondary N) is 1. The third kappa shape index (κ3) is 4.68. The van der Waals surface area contributed by atoms with Crippen molar-refractivity contribution in [3.05, 3.63) is 46.1 Å². The number of nitrogens with zero attached hydrogens (tertiary/aromatic N) is 2. The van der Waals surface area contributed by atoms with E-state index in [1.165, 1.54) is 12.1 Å². The summed E-state index contributed by atoms with van der Waals surface area (Å²) >= 11 is 1.11. The molecule has 1 fully saturated rings. The van der Waals surface area contributed by atoms with E-state index < -0.39 is 5.97 Å². The molecule has 7 nitrogen and oxygen atoms in total. The molecule has 156 valence electrons. The summed E-state index contributed by atoms with van der Waals surface area (Å²) in [6.45, 7) is 5.39. The largest absolute Gasteiger partial charge is 0.462 e. The van der Waals surface area contributed by atoms with E-state index in [1.54, 1.807) is 26.1 Å². The lowest BCUT2D eigenvalue weighted by Crippen LogP contribution is -2.46. The van der Waals surface area contributed by atoms with Gasteiger partial charge in [-0.15, -0.1) is 11.3 Å². The number of carbonyl (C=O) groups is 2. The summed E-state index contributed by atoms with van der Waals surface area (Å²) in [5.41, 5.74) is 7.94. The molecule has 1 amide bonds. The maximum atomic E-state index is 13.1. The van der Waals surface area contributed by atoms with Crippen LogP contribution in [0.5, 0.6) is 0 Å². The summed E-state index contributed by atoms with van der Waals surface area (Å²) in [4.78, 5) is 29.6. The zero-order valence-electron chi connectivity index (χ0n) is 16.5. The predicted molar refractivity (Wildman–Crippen MR) is 112 cm³/mol. The number of hydrogen-bond acceptors (Lipinski definition) is 7. The lowest BCUT2D eigenvalue weighted by atomic mass is 10.1. The number of nitrogen functional groups attached to an aromatic ring is 1. The first-order chi connectivity index (χ1) is 13.9. The summed E-state index contributed by atoms with van der Waals surface area (Å²) in [6.07, 6.45) is 0. The number of rotatable bonds is 6. The molecule has 29 heavy (non-hydrogen) atoms. The fraction of sp³-hybridized carbons (Fsp3) is 0.400. The van der Waals surface area contributed by atoms with Gasteiger partial charge < -0.3 is 20.7 Å². The minimum atomic E-state index is -0.503. The van der Waals surface area contributed by atoms with Gasteiger partial charge in [0.2, 0.25) is 0 Å². The van der Waals surface area contributed by atoms with Crippen LogP contribution in [-0.4, -0.2) is 56.6 Å². The molecule has 1 aliphatic heterocycles. The molecule has 0 saturated carbocycles. The Hall–Kier alpha value is -2.65. The molecule has 1 saturated heterocycles. The lowest BCUT2D eigenvalue weighted by molar-refractivity contribution is 0.0525. The summed E-state index contributed by atoms with van der Waals surface area (Å²) in [7, 11) is 1.55. The average Bonchev–Trinajstić information content (AvgIpc) is 3.04. The zero-order valence-corrected chi connectivity index (χ0v) is 17.4. The highest BCUT2D eigenvalue weighted by Crippen LogP contribution is 2.33. The summed E-state index contributed by atoms with van der Waals surface area (Å²) in [6, 6.07) is 6.45. The molecule has 0 aliphatic carbocycles. The van der Waals surface area contributed by atoms with Crippen LogP contribution in [0.1, 0.15) is 32.5 Å². The second kappa shape index (κ2) is 9.23. The van der Waals surface area contributed by atoms with Crippen LogP contribution in [0.4, 0.5) is 15.1 Å². The number of nitrogens with two attached hydrogens (primary N) is 1. The van der Waals surface area contributed by atoms with E-state index in [0.717, 1.165) is 43.2 Å². The van der Waals surface area contributed by atoms with Crippen LogP contribution in [0.2, 0.25) is 0 Å². The molecule has 3 N–H and O–H groups in total. The third-order valence-corrected chi connectivity index (χ3v) is 5.95. The van der Waals surface area contributed by atoms with Gasteiger partial charge in [0, 0.05) is 51.0 Å². The number of halogens is 1. The first kappa shape index (κ1) is 21.1. The number of piperazine rings is 1. The molecule has 2 heterocycles. The van der Waals surface area contributed by atoms with Gasteiger partial charge in [-0.3, -0.25) is 9.69 Å². The molecule has 0 bridgehead atoms. The molecule has 9 heteroatoms. The van der Waals surface area contributed by atoms with Crippen molar-refractivity contribution in [2.24, 2.45) is 0 Å². The Morgan fingerprint density at radius 2 is 1.86 bits per heavy atom. The Labute approximate surface area is 173 Å². The van der Waals surface area contributed by atoms with E-state index in [2.05, 4.69) is 15.1 Å². The standard InChI is InChI=1S/C20H25FN4O3S/c1-3-28-20(27)16-15(17(19(26)23-2)29-18(16)22)12-24-8-10-25(11-9-24)14-6-4-13(21)5-7-14/h4-7H,3,8-12,22H2,1-2H3,(H,23,26). The van der Waals surface area contributed by atoms with Crippen molar-refractivity contribution in [2.75, 3.05) is 50.5 Å². The monoisotopic (exact) mass is 420 g/mol. The summed E-state index contributed by atoms with van der Waals surface area (Å²) < 4.78 is 18.3. The van der Waals surface area contributed by atoms with Crippen LogP contribution in [0.3, 0.4) is 0 Å². The van der Waals surface area contributed by atoms with E-state index in [-0.39, 0.29) is 23.9 Å². The quantitative estimate of drug-likeness (QED) is 0.698. The number of ether oxygens (including phenoxy) is 1. The fourth-order valence-corrected chi connectivity index (χ4v) is 4.41. The van der Waals surface area contributed by atoms with E-state index in [1.807, 2.05) is 0 Å². The van der Waals surface area contributed by atoms with Crippen LogP contribution < -0.4 is 16.0 Å². The highest BCUT2D eigenvalue weighted by atomic mass is 32.1. The molecule has 3 rings (SSSR count). The van der Waals surface area contributed by atoms with Crippen molar-refractivity contribution in [2.45, 2.75) is 13.5 Å². The fourth-order valence-electron chi connectivity index (χ4n) is 3.40. The molecule has 0 atom stereocenters. The van der Waals surface area contributed by atoms with Gasteiger partial charge in [0.15, 0.2) is 0 Å². The van der Waals surface area contributed by atoms with Crippen molar-refractivity contribution in [1.82, 2.24) is 10.2 Å². The molecule has 0 unspecified atom stereocenters. The van der Waals surface area contributed by atoms with Crippen molar-refractivity contribution in [3.8, 4) is 0 Å². The Kier molecular flexibility index (Phi) is 6.71. The molecule has 2 aromatic rings. The predicted octanol–water partition coefficient (Wildman–Crippen LogP) is 2.33. The molecule has 0 radical (unpaired) electrons. The SMILES string of the molecule is CCOC(=O)c1c(N)sc(C(=O)NC)c1CN1CCN(c2ccc(F)cc2)CC1. The maximum absolute atomic E-state index is 13.1. The first-order valence-corrected chi connectivity index (χ1v) is 10.3. The van der Waals surface area contributed by atoms with E-state index in [9.17, 15) is 14.0 Å². The van der Waals surface area contributed by atoms with Crippen LogP contribution in [0.25, 0.3) is 0 Å². The summed E-state index contributed by atoms with van der Waals surface area (Å²) in [5.74, 6) is -1.02. The first-order valence-electron chi connectivity index (χ1n) is 9.47. The molecular formula is C20H25FN4O3S. The molecule has 1 aliphatic rings. The van der Waals surface area contributed by atoms with Crippen molar-refractivity contribution >= 4 is 33.9 Å². The van der Waals surface area contributed by atoms with Gasteiger partial charge in [0.1, 0.15) is 10.8 Å². The molecular weight excluding hydrogens is 395 g/mol. The van der Waals surface area contributed by atoms with E-state index >= 15 is 0 Å². The topological polar surface area (TPSA) is 87.9 Å². The number of anilines is 2. The number of thiophene rings is 1. The molecule has 1 aromatic heterocycles. The Morgan fingerprint density at radius 1 is 1.21 bits per heavy atom. The van der Waals surface area contributed by atoms with E-state index in [0.29, 0.717) is 22.0 Å². The van der Waals surface area contributed by atoms with Crippen molar-refractivity contribution < 1.29 is 18.7 Å². The zero-order chi connectivity index (χ0) is 21.0. The van der Waals surface area contributed by atoms with Crippen LogP contribution in [-0.2, 0) is 11.3 Å². The Morgan fingerprint density at radius 3 is 2.45 bits per heavy atom. The summed E-state index contributed by atoms with van der Waals surface area (Å²) in [5, 5.41) is 2.90. The van der Waals surface area contributed by atoms with Gasteiger partial charge in [-0.2, -0.15) is 0 Å². The molecule has 1 aromatic carbocycles.